The van der Waals surface area contributed by atoms with Crippen LogP contribution in [-0.2, 0) is 0 Å². The van der Waals surface area contributed by atoms with Gasteiger partial charge in [0.15, 0.2) is 5.65 Å². The number of amides is 2. The van der Waals surface area contributed by atoms with E-state index < -0.39 is 0 Å². The number of anilines is 3. The van der Waals surface area contributed by atoms with E-state index in [1.807, 2.05) is 55.5 Å². The van der Waals surface area contributed by atoms with E-state index in [1.54, 1.807) is 6.20 Å². The van der Waals surface area contributed by atoms with Crippen molar-refractivity contribution in [1.82, 2.24) is 20.1 Å². The number of pyridine rings is 1. The third kappa shape index (κ3) is 4.51. The molecule has 33 heavy (non-hydrogen) atoms. The minimum atomic E-state index is -0.268. The lowest BCUT2D eigenvalue weighted by Gasteiger charge is -2.34. The molecule has 2 aromatic heterocycles. The van der Waals surface area contributed by atoms with E-state index >= 15 is 0 Å². The van der Waals surface area contributed by atoms with Gasteiger partial charge in [-0.05, 0) is 61.5 Å². The van der Waals surface area contributed by atoms with Gasteiger partial charge < -0.3 is 20.4 Å². The predicted octanol–water partition coefficient (Wildman–Crippen LogP) is 4.33. The summed E-state index contributed by atoms with van der Waals surface area (Å²) < 4.78 is 0. The zero-order chi connectivity index (χ0) is 22.8. The van der Waals surface area contributed by atoms with E-state index in [-0.39, 0.29) is 6.03 Å². The van der Waals surface area contributed by atoms with Gasteiger partial charge in [0.05, 0.1) is 5.69 Å². The number of aromatic nitrogens is 3. The van der Waals surface area contributed by atoms with E-state index in [0.29, 0.717) is 0 Å². The Bertz CT molecular complexity index is 1270. The zero-order valence-electron chi connectivity index (χ0n) is 18.8. The molecule has 0 radical (unpaired) electrons. The van der Waals surface area contributed by atoms with Crippen LogP contribution in [0.3, 0.4) is 0 Å². The summed E-state index contributed by atoms with van der Waals surface area (Å²) in [5.41, 5.74) is 6.40. The van der Waals surface area contributed by atoms with Crippen molar-refractivity contribution in [3.63, 3.8) is 0 Å². The van der Waals surface area contributed by atoms with Crippen molar-refractivity contribution >= 4 is 34.1 Å². The number of likely N-dealkylation sites (N-methyl/N-ethyl adjacent to an activating group) is 1. The molecule has 1 saturated heterocycles. The van der Waals surface area contributed by atoms with Gasteiger partial charge in [0.1, 0.15) is 0 Å². The maximum Gasteiger partial charge on any atom is 0.323 e. The van der Waals surface area contributed by atoms with Gasteiger partial charge in [-0.1, -0.05) is 18.2 Å². The molecule has 0 bridgehead atoms. The van der Waals surface area contributed by atoms with E-state index in [1.165, 1.54) is 0 Å². The van der Waals surface area contributed by atoms with Gasteiger partial charge in [0, 0.05) is 54.8 Å². The number of fused-ring (bicyclic) bond motifs is 1. The molecule has 4 aromatic rings. The van der Waals surface area contributed by atoms with Crippen molar-refractivity contribution in [1.29, 1.82) is 0 Å². The van der Waals surface area contributed by atoms with Crippen LogP contribution < -0.4 is 15.5 Å². The molecule has 3 heterocycles. The fraction of sp³-hybridized carbons (Fsp3) is 0.240. The third-order valence-electron chi connectivity index (χ3n) is 6.07. The summed E-state index contributed by atoms with van der Waals surface area (Å²) in [5, 5.41) is 14.1. The molecule has 0 aliphatic carbocycles. The van der Waals surface area contributed by atoms with Crippen LogP contribution in [-0.4, -0.2) is 59.3 Å². The number of H-pyrrole nitrogens is 1. The number of carbonyl (C=O) groups excluding carboxylic acids is 1. The number of carbonyl (C=O) groups is 1. The fourth-order valence-electron chi connectivity index (χ4n) is 4.22. The number of aromatic amines is 1. The normalized spacial score (nSPS) is 14.4. The average molecular weight is 442 g/mol. The van der Waals surface area contributed by atoms with E-state index in [4.69, 9.17) is 0 Å². The summed E-state index contributed by atoms with van der Waals surface area (Å²) in [5.74, 6) is 0. The van der Waals surface area contributed by atoms with Gasteiger partial charge in [-0.25, -0.2) is 9.78 Å². The molecule has 1 aliphatic heterocycles. The SMILES string of the molecule is Cc1n[nH]c2nccc(-c3ccc(NC(=O)Nc4cccc(N5CCN(C)CC5)c4)cc3)c12. The summed E-state index contributed by atoms with van der Waals surface area (Å²) in [6, 6.07) is 17.5. The van der Waals surface area contributed by atoms with Crippen molar-refractivity contribution in [2.75, 3.05) is 48.8 Å². The molecule has 0 saturated carbocycles. The Kier molecular flexibility index (Phi) is 5.66. The Morgan fingerprint density at radius 1 is 0.970 bits per heavy atom. The first-order chi connectivity index (χ1) is 16.1. The monoisotopic (exact) mass is 441 g/mol. The smallest absolute Gasteiger partial charge is 0.323 e. The number of rotatable bonds is 4. The quantitative estimate of drug-likeness (QED) is 0.439. The maximum atomic E-state index is 12.6. The molecule has 0 atom stereocenters. The summed E-state index contributed by atoms with van der Waals surface area (Å²) in [4.78, 5) is 21.6. The van der Waals surface area contributed by atoms with Crippen LogP contribution in [0.5, 0.6) is 0 Å². The van der Waals surface area contributed by atoms with Gasteiger partial charge in [0.2, 0.25) is 0 Å². The summed E-state index contributed by atoms with van der Waals surface area (Å²) in [6.45, 7) is 6.02. The number of nitrogens with one attached hydrogen (secondary N) is 3. The van der Waals surface area contributed by atoms with Gasteiger partial charge in [-0.3, -0.25) is 5.10 Å². The van der Waals surface area contributed by atoms with Crippen LogP contribution in [0.2, 0.25) is 0 Å². The maximum absolute atomic E-state index is 12.6. The Morgan fingerprint density at radius 2 is 1.73 bits per heavy atom. The first-order valence-electron chi connectivity index (χ1n) is 11.1. The van der Waals surface area contributed by atoms with Crippen LogP contribution in [0, 0.1) is 6.92 Å². The molecule has 0 unspecified atom stereocenters. The molecule has 8 heteroatoms. The molecule has 2 aromatic carbocycles. The third-order valence-corrected chi connectivity index (χ3v) is 6.07. The van der Waals surface area contributed by atoms with Gasteiger partial charge in [-0.2, -0.15) is 5.10 Å². The Labute approximate surface area is 192 Å². The van der Waals surface area contributed by atoms with Crippen molar-refractivity contribution in [3.05, 3.63) is 66.5 Å². The van der Waals surface area contributed by atoms with E-state index in [9.17, 15) is 4.79 Å². The van der Waals surface area contributed by atoms with Crippen molar-refractivity contribution in [2.45, 2.75) is 6.92 Å². The lowest BCUT2D eigenvalue weighted by Crippen LogP contribution is -2.44. The molecular formula is C25H27N7O. The predicted molar refractivity (Wildman–Crippen MR) is 133 cm³/mol. The van der Waals surface area contributed by atoms with Crippen LogP contribution in [0.15, 0.2) is 60.8 Å². The number of urea groups is 1. The molecule has 0 spiro atoms. The van der Waals surface area contributed by atoms with E-state index in [0.717, 1.165) is 71.1 Å². The largest absolute Gasteiger partial charge is 0.369 e. The van der Waals surface area contributed by atoms with Gasteiger partial charge in [-0.15, -0.1) is 0 Å². The number of hydrogen-bond donors (Lipinski definition) is 3. The molecule has 2 amide bonds. The zero-order valence-corrected chi connectivity index (χ0v) is 18.8. The van der Waals surface area contributed by atoms with Crippen LogP contribution in [0.25, 0.3) is 22.2 Å². The first kappa shape index (κ1) is 21.0. The lowest BCUT2D eigenvalue weighted by molar-refractivity contribution is 0.262. The van der Waals surface area contributed by atoms with Gasteiger partial charge >= 0.3 is 6.03 Å². The highest BCUT2D eigenvalue weighted by Gasteiger charge is 2.15. The first-order valence-corrected chi connectivity index (χ1v) is 11.1. The molecule has 168 valence electrons. The molecule has 1 aliphatic rings. The molecular weight excluding hydrogens is 414 g/mol. The highest BCUT2D eigenvalue weighted by Crippen LogP contribution is 2.29. The standard InChI is InChI=1S/C25H27N7O/c1-17-23-22(10-11-26-24(23)30-29-17)18-6-8-19(9-7-18)27-25(33)28-20-4-3-5-21(16-20)32-14-12-31(2)13-15-32/h3-11,16H,12-15H2,1-2H3,(H,26,29,30)(H2,27,28,33). The fourth-order valence-corrected chi connectivity index (χ4v) is 4.22. The second kappa shape index (κ2) is 8.91. The summed E-state index contributed by atoms with van der Waals surface area (Å²) in [7, 11) is 2.14. The Hall–Kier alpha value is -3.91. The van der Waals surface area contributed by atoms with Crippen molar-refractivity contribution in [3.8, 4) is 11.1 Å². The van der Waals surface area contributed by atoms with Crippen molar-refractivity contribution < 1.29 is 4.79 Å². The minimum Gasteiger partial charge on any atom is -0.369 e. The van der Waals surface area contributed by atoms with Crippen molar-refractivity contribution in [2.24, 2.45) is 0 Å². The highest BCUT2D eigenvalue weighted by atomic mass is 16.2. The highest BCUT2D eigenvalue weighted by molar-refractivity contribution is 6.00. The van der Waals surface area contributed by atoms with Crippen LogP contribution in [0.1, 0.15) is 5.69 Å². The number of nitrogens with zero attached hydrogens (tertiary/aromatic N) is 4. The Balaban J connectivity index is 1.25. The number of piperazine rings is 1. The summed E-state index contributed by atoms with van der Waals surface area (Å²) in [6.07, 6.45) is 1.77. The molecule has 3 N–H and O–H groups in total. The number of aryl methyl sites for hydroxylation is 1. The molecule has 8 nitrogen and oxygen atoms in total. The van der Waals surface area contributed by atoms with Crippen LogP contribution >= 0.6 is 0 Å². The lowest BCUT2D eigenvalue weighted by atomic mass is 10.0. The second-order valence-electron chi connectivity index (χ2n) is 8.39. The topological polar surface area (TPSA) is 89.2 Å². The second-order valence-corrected chi connectivity index (χ2v) is 8.39. The average Bonchev–Trinajstić information content (AvgIpc) is 3.21. The van der Waals surface area contributed by atoms with Gasteiger partial charge in [0.25, 0.3) is 0 Å². The van der Waals surface area contributed by atoms with Crippen LogP contribution in [0.4, 0.5) is 21.9 Å². The number of benzene rings is 2. The summed E-state index contributed by atoms with van der Waals surface area (Å²) >= 11 is 0. The molecule has 5 rings (SSSR count). The molecule has 1 fully saturated rings. The van der Waals surface area contributed by atoms with E-state index in [2.05, 4.69) is 48.7 Å². The number of hydrogen-bond acceptors (Lipinski definition) is 5. The Morgan fingerprint density at radius 3 is 2.52 bits per heavy atom. The minimum absolute atomic E-state index is 0.268.